The van der Waals surface area contributed by atoms with Gasteiger partial charge in [-0.1, -0.05) is 32.1 Å². The van der Waals surface area contributed by atoms with E-state index in [9.17, 15) is 13.2 Å². The van der Waals surface area contributed by atoms with Crippen LogP contribution >= 0.6 is 0 Å². The number of carbonyl (C=O) groups is 1. The lowest BCUT2D eigenvalue weighted by molar-refractivity contribution is 0.0984. The van der Waals surface area contributed by atoms with Crippen LogP contribution in [0.2, 0.25) is 0 Å². The lowest BCUT2D eigenvalue weighted by Gasteiger charge is -2.31. The number of sulfone groups is 1. The Hall–Kier alpha value is -2.76. The standard InChI is InChI=1S/C26H34N4O3S/c1-25(2)10-8-18(9-11-25)22-15-20(26(3,4)29-12-13-34(5,32)33)7-6-19(22)14-23(31)24-28-17-21(16-27)30-24/h6-8,15,17,29H,9-14H2,1-5H3,(H,28,30). The second-order valence-corrected chi connectivity index (χ2v) is 12.8. The molecule has 2 N–H and O–H groups in total. The van der Waals surface area contributed by atoms with Crippen LogP contribution in [-0.2, 0) is 21.8 Å². The Morgan fingerprint density at radius 1 is 1.32 bits per heavy atom. The minimum absolute atomic E-state index is 0.0734. The Morgan fingerprint density at radius 3 is 2.65 bits per heavy atom. The normalized spacial score (nSPS) is 16.1. The van der Waals surface area contributed by atoms with Crippen molar-refractivity contribution in [3.63, 3.8) is 0 Å². The summed E-state index contributed by atoms with van der Waals surface area (Å²) in [4.78, 5) is 19.7. The Labute approximate surface area is 202 Å². The van der Waals surface area contributed by atoms with E-state index in [1.54, 1.807) is 0 Å². The number of carbonyl (C=O) groups excluding carboxylic acids is 1. The first kappa shape index (κ1) is 25.9. The molecule has 182 valence electrons. The molecular formula is C26H34N4O3S. The van der Waals surface area contributed by atoms with E-state index in [2.05, 4.69) is 41.3 Å². The number of nitrogens with zero attached hydrogens (tertiary/aromatic N) is 2. The number of imidazole rings is 1. The highest BCUT2D eigenvalue weighted by Crippen LogP contribution is 2.39. The predicted molar refractivity (Wildman–Crippen MR) is 134 cm³/mol. The number of allylic oxidation sites excluding steroid dienone is 2. The highest BCUT2D eigenvalue weighted by Gasteiger charge is 2.26. The minimum atomic E-state index is -3.05. The zero-order chi connectivity index (χ0) is 25.1. The van der Waals surface area contributed by atoms with E-state index in [1.165, 1.54) is 18.0 Å². The first-order valence-corrected chi connectivity index (χ1v) is 13.6. The zero-order valence-corrected chi connectivity index (χ0v) is 21.5. The van der Waals surface area contributed by atoms with Crippen LogP contribution in [0.3, 0.4) is 0 Å². The number of ketones is 1. The number of nitriles is 1. The third-order valence-corrected chi connectivity index (χ3v) is 7.45. The van der Waals surface area contributed by atoms with Crippen LogP contribution in [0, 0.1) is 16.7 Å². The van der Waals surface area contributed by atoms with Crippen LogP contribution in [-0.4, -0.2) is 42.7 Å². The zero-order valence-electron chi connectivity index (χ0n) is 20.7. The quantitative estimate of drug-likeness (QED) is 0.518. The molecule has 1 aromatic carbocycles. The van der Waals surface area contributed by atoms with E-state index in [-0.39, 0.29) is 34.9 Å². The second kappa shape index (κ2) is 9.85. The third kappa shape index (κ3) is 6.64. The number of rotatable bonds is 9. The summed E-state index contributed by atoms with van der Waals surface area (Å²) in [5.74, 6) is 0.0927. The number of Topliss-reactive ketones (excluding diaryl/α,β-unsaturated/α-hetero) is 1. The Morgan fingerprint density at radius 2 is 2.06 bits per heavy atom. The number of aromatic nitrogens is 2. The second-order valence-electron chi connectivity index (χ2n) is 10.5. The summed E-state index contributed by atoms with van der Waals surface area (Å²) in [6, 6.07) is 8.07. The first-order chi connectivity index (χ1) is 15.8. The number of benzene rings is 1. The van der Waals surface area contributed by atoms with Crippen molar-refractivity contribution in [3.05, 3.63) is 58.7 Å². The van der Waals surface area contributed by atoms with Crippen molar-refractivity contribution >= 4 is 21.2 Å². The topological polar surface area (TPSA) is 116 Å². The molecular weight excluding hydrogens is 448 g/mol. The molecule has 0 saturated carbocycles. The fourth-order valence-corrected chi connectivity index (χ4v) is 4.64. The maximum Gasteiger partial charge on any atom is 0.202 e. The van der Waals surface area contributed by atoms with Gasteiger partial charge in [-0.05, 0) is 66.9 Å². The van der Waals surface area contributed by atoms with Gasteiger partial charge in [0.1, 0.15) is 21.6 Å². The molecule has 0 fully saturated rings. The van der Waals surface area contributed by atoms with Gasteiger partial charge in [0.2, 0.25) is 5.78 Å². The molecule has 3 rings (SSSR count). The van der Waals surface area contributed by atoms with Gasteiger partial charge in [-0.3, -0.25) is 4.79 Å². The van der Waals surface area contributed by atoms with Gasteiger partial charge in [0.15, 0.2) is 5.82 Å². The van der Waals surface area contributed by atoms with Crippen LogP contribution in [0.5, 0.6) is 0 Å². The van der Waals surface area contributed by atoms with Gasteiger partial charge in [-0.2, -0.15) is 5.26 Å². The molecule has 0 atom stereocenters. The van der Waals surface area contributed by atoms with Crippen molar-refractivity contribution in [1.29, 1.82) is 5.26 Å². The van der Waals surface area contributed by atoms with Crippen LogP contribution < -0.4 is 5.32 Å². The molecule has 34 heavy (non-hydrogen) atoms. The summed E-state index contributed by atoms with van der Waals surface area (Å²) in [5.41, 5.74) is 4.30. The summed E-state index contributed by atoms with van der Waals surface area (Å²) in [5, 5.41) is 12.4. The molecule has 0 bridgehead atoms. The van der Waals surface area contributed by atoms with Gasteiger partial charge in [0.25, 0.3) is 0 Å². The molecule has 1 aliphatic carbocycles. The third-order valence-electron chi connectivity index (χ3n) is 6.50. The van der Waals surface area contributed by atoms with Crippen LogP contribution in [0.4, 0.5) is 0 Å². The van der Waals surface area contributed by atoms with E-state index in [0.29, 0.717) is 6.54 Å². The van der Waals surface area contributed by atoms with Crippen LogP contribution in [0.1, 0.15) is 80.0 Å². The Kier molecular flexibility index (Phi) is 7.49. The van der Waals surface area contributed by atoms with Gasteiger partial charge in [0, 0.05) is 24.8 Å². The number of H-pyrrole nitrogens is 1. The number of hydrogen-bond acceptors (Lipinski definition) is 6. The largest absolute Gasteiger partial charge is 0.327 e. The lowest BCUT2D eigenvalue weighted by atomic mass is 9.75. The fraction of sp³-hybridized carbons (Fsp3) is 0.500. The molecule has 2 aromatic rings. The molecule has 0 aliphatic heterocycles. The molecule has 0 unspecified atom stereocenters. The highest BCUT2D eigenvalue weighted by molar-refractivity contribution is 7.90. The maximum atomic E-state index is 12.9. The maximum absolute atomic E-state index is 12.9. The van der Waals surface area contributed by atoms with Gasteiger partial charge in [-0.25, -0.2) is 13.4 Å². The molecule has 1 heterocycles. The van der Waals surface area contributed by atoms with Crippen molar-refractivity contribution in [3.8, 4) is 6.07 Å². The van der Waals surface area contributed by atoms with Crippen molar-refractivity contribution < 1.29 is 13.2 Å². The smallest absolute Gasteiger partial charge is 0.202 e. The van der Waals surface area contributed by atoms with Crippen molar-refractivity contribution in [2.45, 2.75) is 58.9 Å². The Balaban J connectivity index is 1.93. The average molecular weight is 483 g/mol. The predicted octanol–water partition coefficient (Wildman–Crippen LogP) is 4.17. The van der Waals surface area contributed by atoms with E-state index < -0.39 is 15.4 Å². The van der Waals surface area contributed by atoms with E-state index >= 15 is 0 Å². The minimum Gasteiger partial charge on any atom is -0.327 e. The molecule has 0 spiro atoms. The molecule has 1 aromatic heterocycles. The van der Waals surface area contributed by atoms with Crippen LogP contribution in [0.25, 0.3) is 5.57 Å². The summed E-state index contributed by atoms with van der Waals surface area (Å²) < 4.78 is 23.1. The monoisotopic (exact) mass is 482 g/mol. The molecule has 0 radical (unpaired) electrons. The average Bonchev–Trinajstić information content (AvgIpc) is 3.22. The molecule has 8 heteroatoms. The van der Waals surface area contributed by atoms with Gasteiger partial charge in [0.05, 0.1) is 11.9 Å². The number of nitrogens with one attached hydrogen (secondary N) is 2. The molecule has 0 saturated heterocycles. The molecule has 1 aliphatic rings. The van der Waals surface area contributed by atoms with E-state index in [4.69, 9.17) is 5.26 Å². The van der Waals surface area contributed by atoms with Gasteiger partial charge in [-0.15, -0.1) is 0 Å². The van der Waals surface area contributed by atoms with Gasteiger partial charge >= 0.3 is 0 Å². The fourth-order valence-electron chi connectivity index (χ4n) is 4.17. The number of aromatic amines is 1. The highest BCUT2D eigenvalue weighted by atomic mass is 32.2. The SMILES string of the molecule is CC1(C)CC=C(c2cc(C(C)(C)NCCS(C)(=O)=O)ccc2CC(=O)c2ncc(C#N)[nH]2)CC1. The molecule has 7 nitrogen and oxygen atoms in total. The summed E-state index contributed by atoms with van der Waals surface area (Å²) in [6.07, 6.45) is 8.03. The lowest BCUT2D eigenvalue weighted by Crippen LogP contribution is -2.39. The van der Waals surface area contributed by atoms with Crippen molar-refractivity contribution in [2.75, 3.05) is 18.6 Å². The number of hydrogen-bond donors (Lipinski definition) is 2. The van der Waals surface area contributed by atoms with E-state index in [1.807, 2.05) is 32.0 Å². The van der Waals surface area contributed by atoms with E-state index in [0.717, 1.165) is 36.0 Å². The Bertz CT molecular complexity index is 1250. The van der Waals surface area contributed by atoms with Crippen molar-refractivity contribution in [1.82, 2.24) is 15.3 Å². The summed E-state index contributed by atoms with van der Waals surface area (Å²) in [6.45, 7) is 8.95. The molecule has 0 amide bonds. The summed E-state index contributed by atoms with van der Waals surface area (Å²) >= 11 is 0. The van der Waals surface area contributed by atoms with Gasteiger partial charge < -0.3 is 10.3 Å². The first-order valence-electron chi connectivity index (χ1n) is 11.5. The summed E-state index contributed by atoms with van der Waals surface area (Å²) in [7, 11) is -3.05. The van der Waals surface area contributed by atoms with Crippen LogP contribution in [0.15, 0.2) is 30.5 Å². The van der Waals surface area contributed by atoms with Crippen molar-refractivity contribution in [2.24, 2.45) is 5.41 Å².